The van der Waals surface area contributed by atoms with Crippen LogP contribution in [0.5, 0.6) is 23.0 Å². The molecule has 520 valence electrons. The number of aromatic amines is 1. The topological polar surface area (TPSA) is 275 Å². The van der Waals surface area contributed by atoms with Crippen LogP contribution >= 0.6 is 92.8 Å². The van der Waals surface area contributed by atoms with Crippen LogP contribution in [-0.4, -0.2) is 59.5 Å². The number of anilines is 4. The molecule has 4 unspecified atom stereocenters. The Morgan fingerprint density at radius 1 is 0.426 bits per heavy atom. The maximum absolute atomic E-state index is 13.8. The molecule has 0 aliphatic heterocycles. The molecule has 4 atom stereocenters. The number of nitrogen functional groups attached to an aromatic ring is 4. The minimum atomic E-state index is -0.649. The van der Waals surface area contributed by atoms with Gasteiger partial charge >= 0.3 is 0 Å². The number of hydrogen-bond acceptors (Lipinski definition) is 16. The lowest BCUT2D eigenvalue weighted by Gasteiger charge is -2.19. The number of rotatable bonds is 16. The summed E-state index contributed by atoms with van der Waals surface area (Å²) in [4.78, 5) is 16.5. The summed E-state index contributed by atoms with van der Waals surface area (Å²) >= 11 is 48.7. The van der Waals surface area contributed by atoms with Gasteiger partial charge in [-0.2, -0.15) is 20.4 Å². The van der Waals surface area contributed by atoms with Gasteiger partial charge in [-0.15, -0.1) is 0 Å². The average molecular weight is 1530 g/mol. The number of nitrogens with one attached hydrogen (secondary N) is 1. The first-order valence-electron chi connectivity index (χ1n) is 29.9. The number of halogens is 12. The van der Waals surface area contributed by atoms with Gasteiger partial charge in [-0.05, 0) is 113 Å². The summed E-state index contributed by atoms with van der Waals surface area (Å²) in [6.07, 6.45) is 12.4. The zero-order chi connectivity index (χ0) is 72.5. The number of pyridine rings is 4. The van der Waals surface area contributed by atoms with E-state index in [2.05, 4.69) is 45.4 Å². The van der Waals surface area contributed by atoms with E-state index in [9.17, 15) is 17.6 Å². The number of aryl methyl sites for hydroxylation is 1. The zero-order valence-electron chi connectivity index (χ0n) is 53.4. The lowest BCUT2D eigenvalue weighted by atomic mass is 10.1. The van der Waals surface area contributed by atoms with E-state index < -0.39 is 47.7 Å². The minimum absolute atomic E-state index is 0.0775. The van der Waals surface area contributed by atoms with Crippen molar-refractivity contribution in [1.29, 1.82) is 0 Å². The van der Waals surface area contributed by atoms with E-state index in [0.717, 1.165) is 27.9 Å². The van der Waals surface area contributed by atoms with Gasteiger partial charge in [0.15, 0.2) is 46.3 Å². The Balaban J connectivity index is 0.000000146. The number of nitrogens with zero attached hydrogens (tertiary/aromatic N) is 11. The molecule has 0 amide bonds. The molecule has 0 saturated heterocycles. The van der Waals surface area contributed by atoms with Crippen LogP contribution in [-0.2, 0) is 0 Å². The fourth-order valence-electron chi connectivity index (χ4n) is 9.91. The van der Waals surface area contributed by atoms with E-state index in [-0.39, 0.29) is 43.4 Å². The molecule has 0 radical (unpaired) electrons. The van der Waals surface area contributed by atoms with Gasteiger partial charge in [-0.25, -0.2) is 51.5 Å². The number of nitrogens with two attached hydrogens (primary N) is 4. The van der Waals surface area contributed by atoms with Crippen LogP contribution in [0.3, 0.4) is 0 Å². The Labute approximate surface area is 614 Å². The van der Waals surface area contributed by atoms with Crippen molar-refractivity contribution in [3.63, 3.8) is 0 Å². The quantitative estimate of drug-likeness (QED) is 0.0444. The second kappa shape index (κ2) is 32.7. The summed E-state index contributed by atoms with van der Waals surface area (Å²) in [5.74, 6) is -0.170. The van der Waals surface area contributed by atoms with E-state index >= 15 is 0 Å². The van der Waals surface area contributed by atoms with Gasteiger partial charge in [-0.1, -0.05) is 111 Å². The molecule has 13 rings (SSSR count). The van der Waals surface area contributed by atoms with Gasteiger partial charge in [0.1, 0.15) is 47.7 Å². The van der Waals surface area contributed by atoms with Crippen molar-refractivity contribution >= 4 is 127 Å². The van der Waals surface area contributed by atoms with Crippen LogP contribution in [0.15, 0.2) is 171 Å². The van der Waals surface area contributed by atoms with Gasteiger partial charge < -0.3 is 41.9 Å². The van der Waals surface area contributed by atoms with E-state index in [1.165, 1.54) is 48.5 Å². The van der Waals surface area contributed by atoms with Crippen molar-refractivity contribution < 1.29 is 36.5 Å². The molecule has 0 fully saturated rings. The maximum atomic E-state index is 13.8. The fraction of sp³-hybridized carbons (Fsp3) is 0.130. The highest BCUT2D eigenvalue weighted by molar-refractivity contribution is 6.38. The number of benzene rings is 5. The molecule has 32 heteroatoms. The molecule has 13 aromatic rings. The number of hydrogen-bond donors (Lipinski definition) is 5. The second-order valence-electron chi connectivity index (χ2n) is 21.8. The van der Waals surface area contributed by atoms with Crippen LogP contribution in [0.1, 0.15) is 80.1 Å². The van der Waals surface area contributed by atoms with Gasteiger partial charge in [0.25, 0.3) is 0 Å². The lowest BCUT2D eigenvalue weighted by Crippen LogP contribution is -2.09. The number of ether oxygens (including phenoxy) is 4. The zero-order valence-corrected chi connectivity index (χ0v) is 59.4. The highest BCUT2D eigenvalue weighted by atomic mass is 35.5. The van der Waals surface area contributed by atoms with Crippen molar-refractivity contribution in [2.75, 3.05) is 22.9 Å². The smallest absolute Gasteiger partial charge is 0.166 e. The molecule has 0 spiro atoms. The molecule has 0 saturated carbocycles. The van der Waals surface area contributed by atoms with Crippen molar-refractivity contribution in [2.45, 2.75) is 59.0 Å². The molecule has 20 nitrogen and oxygen atoms in total. The fourth-order valence-corrected chi connectivity index (χ4v) is 12.6. The van der Waals surface area contributed by atoms with Crippen LogP contribution < -0.4 is 41.9 Å². The maximum Gasteiger partial charge on any atom is 0.166 e. The van der Waals surface area contributed by atoms with Crippen molar-refractivity contribution in [3.8, 4) is 51.3 Å². The third kappa shape index (κ3) is 17.4. The number of H-pyrrole nitrogens is 1. The molecule has 9 N–H and O–H groups in total. The molecule has 5 aromatic carbocycles. The van der Waals surface area contributed by atoms with Crippen LogP contribution in [0, 0.1) is 30.2 Å². The van der Waals surface area contributed by atoms with Gasteiger partial charge in [0.2, 0.25) is 0 Å². The Kier molecular flexibility index (Phi) is 23.9. The molecule has 0 aliphatic rings. The third-order valence-corrected chi connectivity index (χ3v) is 17.8. The summed E-state index contributed by atoms with van der Waals surface area (Å²) in [5.41, 5.74) is 30.4. The Morgan fingerprint density at radius 2 is 0.832 bits per heavy atom. The standard InChI is InChI=1S/C20H15Cl2FN4O.C17H15Cl2FN4O.2C16H13Cl2FN4O/c1-11(18-14(21)6-7-15(23)19(18)22)28-17-8-13(10-25-20(17)24)27-16-5-3-2-4-12(16)9-26-27;1-9-5-6-24(23-9)11-7-14(17(21)22-8-11)25-10(2)15-12(18)3-4-13(20)16(15)19;1-9(14-11(17)3-4-12(19)15(14)18)24-13-7-10(8-21-16(13)20)23-6-2-5-22-23;1-8(14-10(17)2-3-11(19)15(14)18)24-13-6-9(7-21-16(13)20)12-4-5-22-23-12/h2-11H,1H3,(H2,24,25);3-8,10H,1-2H3,(H2,21,22);2-9H,1H3,(H2,20,21);2-8H,1H3,(H2,20,21)(H,22,23). The average Bonchev–Trinajstić information content (AvgIpc) is 1.78. The van der Waals surface area contributed by atoms with Gasteiger partial charge in [-0.3, -0.25) is 5.10 Å². The van der Waals surface area contributed by atoms with E-state index in [1.54, 1.807) is 134 Å². The highest BCUT2D eigenvalue weighted by Crippen LogP contribution is 2.41. The first-order valence-corrected chi connectivity index (χ1v) is 33.0. The molecule has 8 heterocycles. The van der Waals surface area contributed by atoms with Crippen LogP contribution in [0.25, 0.3) is 39.2 Å². The molecular formula is C69H56Cl8F4N16O4. The first kappa shape index (κ1) is 73.9. The lowest BCUT2D eigenvalue weighted by molar-refractivity contribution is 0.227. The minimum Gasteiger partial charge on any atom is -0.482 e. The summed E-state index contributed by atoms with van der Waals surface area (Å²) in [7, 11) is 0. The predicted octanol–water partition coefficient (Wildman–Crippen LogP) is 19.4. The second-order valence-corrected chi connectivity index (χ2v) is 25.0. The molecule has 8 aromatic heterocycles. The van der Waals surface area contributed by atoms with E-state index in [4.69, 9.17) is 135 Å². The summed E-state index contributed by atoms with van der Waals surface area (Å²) in [6, 6.07) is 30.6. The SMILES string of the molecule is CC(Oc1cc(-c2ccn[nH]2)cnc1N)c1c(Cl)ccc(F)c1Cl.CC(Oc1cc(-n2cccn2)cnc1N)c1c(Cl)ccc(F)c1Cl.CC(Oc1cc(-n2ncc3ccccc32)cnc1N)c1c(Cl)ccc(F)c1Cl.Cc1ccn(-c2cnc(N)c(OC(C)c3c(Cl)ccc(F)c3Cl)c2)n1. The number of aromatic nitrogens is 12. The van der Waals surface area contributed by atoms with Crippen molar-refractivity contribution in [3.05, 3.63) is 262 Å². The van der Waals surface area contributed by atoms with Gasteiger partial charge in [0, 0.05) is 102 Å². The van der Waals surface area contributed by atoms with Crippen LogP contribution in [0.2, 0.25) is 40.2 Å². The molecule has 0 aliphatic carbocycles. The van der Waals surface area contributed by atoms with Crippen LogP contribution in [0.4, 0.5) is 40.8 Å². The monoisotopic (exact) mass is 1530 g/mol. The Bertz CT molecular complexity index is 4950. The molecular weight excluding hydrogens is 1480 g/mol. The Morgan fingerprint density at radius 3 is 1.24 bits per heavy atom. The number of fused-ring (bicyclic) bond motifs is 1. The molecule has 101 heavy (non-hydrogen) atoms. The first-order chi connectivity index (χ1) is 48.3. The normalized spacial score (nSPS) is 12.2. The van der Waals surface area contributed by atoms with Crippen molar-refractivity contribution in [1.82, 2.24) is 59.5 Å². The van der Waals surface area contributed by atoms with E-state index in [1.807, 2.05) is 37.3 Å². The number of para-hydroxylation sites is 1. The van der Waals surface area contributed by atoms with Gasteiger partial charge in [0.05, 0.1) is 78.8 Å². The molecule has 0 bridgehead atoms. The third-order valence-electron chi connectivity index (χ3n) is 14.9. The predicted molar refractivity (Wildman–Crippen MR) is 388 cm³/mol. The Hall–Kier alpha value is -9.76. The van der Waals surface area contributed by atoms with E-state index in [0.29, 0.717) is 82.4 Å². The summed E-state index contributed by atoms with van der Waals surface area (Å²) in [5, 5.41) is 21.5. The highest BCUT2D eigenvalue weighted by Gasteiger charge is 2.25. The summed E-state index contributed by atoms with van der Waals surface area (Å²) in [6.45, 7) is 8.70. The summed E-state index contributed by atoms with van der Waals surface area (Å²) < 4.78 is 83.4. The largest absolute Gasteiger partial charge is 0.482 e. The van der Waals surface area contributed by atoms with Crippen molar-refractivity contribution in [2.24, 2.45) is 0 Å².